The molecule has 0 saturated heterocycles. The molecule has 0 spiro atoms. The maximum atomic E-state index is 12.4. The van der Waals surface area contributed by atoms with Crippen molar-refractivity contribution in [2.45, 2.75) is 31.1 Å². The van der Waals surface area contributed by atoms with E-state index in [2.05, 4.69) is 0 Å². The Bertz CT molecular complexity index is 443. The van der Waals surface area contributed by atoms with Crippen molar-refractivity contribution in [2.75, 3.05) is 0 Å². The smallest absolute Gasteiger partial charge is 0.166 e. The predicted molar refractivity (Wildman–Crippen MR) is 42.9 cm³/mol. The van der Waals surface area contributed by atoms with Crippen molar-refractivity contribution in [3.8, 4) is 0 Å². The molecule has 0 aromatic heterocycles. The van der Waals surface area contributed by atoms with Crippen LogP contribution in [0.4, 0.5) is 52.7 Å². The molecule has 0 fully saturated rings. The van der Waals surface area contributed by atoms with E-state index < -0.39 is 53.4 Å². The van der Waals surface area contributed by atoms with Crippen LogP contribution in [0.15, 0.2) is 22.3 Å². The largest absolute Gasteiger partial charge is 0.417 e. The third-order valence-electron chi connectivity index (χ3n) is 2.46. The van der Waals surface area contributed by atoms with Crippen molar-refractivity contribution in [1.82, 2.24) is 0 Å². The van der Waals surface area contributed by atoms with Crippen LogP contribution < -0.4 is 0 Å². The minimum absolute atomic E-state index is 2.53. The first kappa shape index (κ1) is 17.7. The highest BCUT2D eigenvalue weighted by atomic mass is 19.4. The van der Waals surface area contributed by atoms with E-state index >= 15 is 0 Å². The average molecular weight is 338 g/mol. The number of halogens is 12. The molecule has 122 valence electrons. The van der Waals surface area contributed by atoms with Crippen molar-refractivity contribution in [1.29, 1.82) is 0 Å². The van der Waals surface area contributed by atoms with E-state index in [4.69, 9.17) is 0 Å². The molecular formula is C9H2F12. The molecule has 0 amide bonds. The molecule has 0 bridgehead atoms. The van der Waals surface area contributed by atoms with Crippen LogP contribution in [-0.2, 0) is 0 Å². The SMILES string of the molecule is FC(F)(F)C1=C(C(F)(F)F)C(C(F)(F)F)=C(C(F)(F)F)C1. The zero-order chi connectivity index (χ0) is 17.0. The molecule has 0 atom stereocenters. The van der Waals surface area contributed by atoms with E-state index in [1.165, 1.54) is 0 Å². The molecule has 0 N–H and O–H groups in total. The monoisotopic (exact) mass is 338 g/mol. The van der Waals surface area contributed by atoms with Crippen LogP contribution in [0, 0.1) is 0 Å². The van der Waals surface area contributed by atoms with Crippen molar-refractivity contribution in [3.05, 3.63) is 22.3 Å². The van der Waals surface area contributed by atoms with Gasteiger partial charge in [-0.15, -0.1) is 0 Å². The Morgan fingerprint density at radius 3 is 0.810 bits per heavy atom. The molecule has 0 aliphatic heterocycles. The Hall–Kier alpha value is -1.36. The number of hydrogen-bond acceptors (Lipinski definition) is 0. The minimum Gasteiger partial charge on any atom is -0.166 e. The van der Waals surface area contributed by atoms with Gasteiger partial charge in [0.25, 0.3) is 0 Å². The molecule has 0 radical (unpaired) electrons. The molecule has 0 heterocycles. The first-order valence-electron chi connectivity index (χ1n) is 4.72. The van der Waals surface area contributed by atoms with Gasteiger partial charge in [-0.05, 0) is 0 Å². The van der Waals surface area contributed by atoms with Gasteiger partial charge in [-0.2, -0.15) is 52.7 Å². The minimum atomic E-state index is -6.23. The number of rotatable bonds is 0. The maximum Gasteiger partial charge on any atom is 0.417 e. The van der Waals surface area contributed by atoms with Gasteiger partial charge < -0.3 is 0 Å². The van der Waals surface area contributed by atoms with Gasteiger partial charge in [0.1, 0.15) is 0 Å². The van der Waals surface area contributed by atoms with E-state index in [0.29, 0.717) is 0 Å². The van der Waals surface area contributed by atoms with Gasteiger partial charge in [0.2, 0.25) is 0 Å². The molecule has 12 heteroatoms. The standard InChI is InChI=1S/C9H2F12/c10-6(11,12)2-1-3(7(13,14)15)5(9(19,20)21)4(2)8(16,17)18/h1H2. The average Bonchev–Trinajstić information content (AvgIpc) is 2.52. The number of hydrogen-bond donors (Lipinski definition) is 0. The second kappa shape index (κ2) is 4.57. The van der Waals surface area contributed by atoms with Gasteiger partial charge in [0, 0.05) is 6.42 Å². The lowest BCUT2D eigenvalue weighted by atomic mass is 10.0. The van der Waals surface area contributed by atoms with E-state index in [-0.39, 0.29) is 0 Å². The van der Waals surface area contributed by atoms with Crippen LogP contribution >= 0.6 is 0 Å². The van der Waals surface area contributed by atoms with Crippen molar-refractivity contribution >= 4 is 0 Å². The quantitative estimate of drug-likeness (QED) is 0.531. The van der Waals surface area contributed by atoms with Crippen LogP contribution in [0.3, 0.4) is 0 Å². The summed E-state index contributed by atoms with van der Waals surface area (Å²) < 4.78 is 149. The number of alkyl halides is 12. The molecule has 0 aromatic rings. The van der Waals surface area contributed by atoms with Crippen molar-refractivity contribution < 1.29 is 52.7 Å². The fraction of sp³-hybridized carbons (Fsp3) is 0.556. The Morgan fingerprint density at radius 2 is 0.667 bits per heavy atom. The highest BCUT2D eigenvalue weighted by Crippen LogP contribution is 2.55. The normalized spacial score (nSPS) is 18.9. The lowest BCUT2D eigenvalue weighted by Gasteiger charge is -2.19. The van der Waals surface area contributed by atoms with E-state index in [0.717, 1.165) is 0 Å². The van der Waals surface area contributed by atoms with Crippen molar-refractivity contribution in [2.24, 2.45) is 0 Å². The Morgan fingerprint density at radius 1 is 0.429 bits per heavy atom. The lowest BCUT2D eigenvalue weighted by Crippen LogP contribution is -2.27. The first-order chi connectivity index (χ1) is 8.97. The molecule has 0 saturated carbocycles. The van der Waals surface area contributed by atoms with E-state index in [1.807, 2.05) is 0 Å². The zero-order valence-electron chi connectivity index (χ0n) is 9.24. The molecule has 1 aliphatic carbocycles. The fourth-order valence-electron chi connectivity index (χ4n) is 1.76. The maximum absolute atomic E-state index is 12.4. The molecule has 0 unspecified atom stereocenters. The third-order valence-corrected chi connectivity index (χ3v) is 2.46. The summed E-state index contributed by atoms with van der Waals surface area (Å²) in [5.74, 6) is 0. The van der Waals surface area contributed by atoms with Crippen LogP contribution in [0.1, 0.15) is 6.42 Å². The number of allylic oxidation sites excluding steroid dienone is 4. The molecule has 1 aliphatic rings. The zero-order valence-corrected chi connectivity index (χ0v) is 9.24. The Kier molecular flexibility index (Phi) is 3.85. The van der Waals surface area contributed by atoms with Crippen LogP contribution in [0.5, 0.6) is 0 Å². The Balaban J connectivity index is 3.73. The second-order valence-corrected chi connectivity index (χ2v) is 3.87. The molecule has 0 aromatic carbocycles. The first-order valence-corrected chi connectivity index (χ1v) is 4.72. The highest BCUT2D eigenvalue weighted by molar-refractivity contribution is 5.55. The van der Waals surface area contributed by atoms with Crippen LogP contribution in [-0.4, -0.2) is 24.7 Å². The molecule has 0 nitrogen and oxygen atoms in total. The summed E-state index contributed by atoms with van der Waals surface area (Å²) in [4.78, 5) is 0. The molecule has 1 rings (SSSR count). The summed E-state index contributed by atoms with van der Waals surface area (Å²) in [6, 6.07) is 0. The summed E-state index contributed by atoms with van der Waals surface area (Å²) >= 11 is 0. The summed E-state index contributed by atoms with van der Waals surface area (Å²) in [5, 5.41) is 0. The summed E-state index contributed by atoms with van der Waals surface area (Å²) in [7, 11) is 0. The van der Waals surface area contributed by atoms with Gasteiger partial charge in [-0.3, -0.25) is 0 Å². The van der Waals surface area contributed by atoms with Gasteiger partial charge in [0.05, 0.1) is 22.3 Å². The predicted octanol–water partition coefficient (Wildman–Crippen LogP) is 5.23. The fourth-order valence-corrected chi connectivity index (χ4v) is 1.76. The van der Waals surface area contributed by atoms with Crippen molar-refractivity contribution in [3.63, 3.8) is 0 Å². The summed E-state index contributed by atoms with van der Waals surface area (Å²) in [6.45, 7) is 0. The van der Waals surface area contributed by atoms with Gasteiger partial charge in [-0.1, -0.05) is 0 Å². The van der Waals surface area contributed by atoms with E-state index in [1.54, 1.807) is 0 Å². The van der Waals surface area contributed by atoms with Gasteiger partial charge >= 0.3 is 24.7 Å². The van der Waals surface area contributed by atoms with Gasteiger partial charge in [-0.25, -0.2) is 0 Å². The second-order valence-electron chi connectivity index (χ2n) is 3.87. The summed E-state index contributed by atoms with van der Waals surface area (Å²) in [6.07, 6.45) is -27.0. The topological polar surface area (TPSA) is 0 Å². The van der Waals surface area contributed by atoms with Crippen LogP contribution in [0.25, 0.3) is 0 Å². The van der Waals surface area contributed by atoms with Gasteiger partial charge in [0.15, 0.2) is 0 Å². The highest BCUT2D eigenvalue weighted by Gasteiger charge is 2.60. The lowest BCUT2D eigenvalue weighted by molar-refractivity contribution is -0.130. The molecule has 21 heavy (non-hydrogen) atoms. The van der Waals surface area contributed by atoms with Crippen LogP contribution in [0.2, 0.25) is 0 Å². The summed E-state index contributed by atoms with van der Waals surface area (Å²) in [5.41, 5.74) is -12.5. The molecular weight excluding hydrogens is 336 g/mol. The Labute approximate surface area is 107 Å². The third kappa shape index (κ3) is 3.46. The van der Waals surface area contributed by atoms with E-state index in [9.17, 15) is 52.7 Å².